The average molecular weight is 280 g/mol. The number of hydrogen-bond donors (Lipinski definition) is 2. The zero-order valence-electron chi connectivity index (χ0n) is 12.4. The SMILES string of the molecule is CCN[C@H](COC)[C@H](C)NC(=O)OCc1ccccc1. The maximum atomic E-state index is 11.7. The van der Waals surface area contributed by atoms with E-state index in [4.69, 9.17) is 9.47 Å². The average Bonchev–Trinajstić information content (AvgIpc) is 2.46. The van der Waals surface area contributed by atoms with Gasteiger partial charge in [0.2, 0.25) is 0 Å². The molecule has 0 spiro atoms. The molecule has 0 radical (unpaired) electrons. The number of ether oxygens (including phenoxy) is 2. The number of carbonyl (C=O) groups is 1. The van der Waals surface area contributed by atoms with Crippen LogP contribution in [-0.4, -0.2) is 38.4 Å². The van der Waals surface area contributed by atoms with E-state index in [-0.39, 0.29) is 18.7 Å². The third kappa shape index (κ3) is 6.04. The summed E-state index contributed by atoms with van der Waals surface area (Å²) < 4.78 is 10.3. The highest BCUT2D eigenvalue weighted by atomic mass is 16.5. The van der Waals surface area contributed by atoms with Gasteiger partial charge in [0, 0.05) is 13.2 Å². The van der Waals surface area contributed by atoms with Crippen molar-refractivity contribution in [2.24, 2.45) is 0 Å². The van der Waals surface area contributed by atoms with E-state index < -0.39 is 6.09 Å². The van der Waals surface area contributed by atoms with E-state index in [1.807, 2.05) is 44.2 Å². The molecule has 2 atom stereocenters. The molecule has 20 heavy (non-hydrogen) atoms. The fourth-order valence-corrected chi connectivity index (χ4v) is 1.87. The van der Waals surface area contributed by atoms with Gasteiger partial charge in [-0.1, -0.05) is 37.3 Å². The van der Waals surface area contributed by atoms with E-state index in [0.717, 1.165) is 12.1 Å². The zero-order valence-corrected chi connectivity index (χ0v) is 12.4. The summed E-state index contributed by atoms with van der Waals surface area (Å²) in [5.41, 5.74) is 0.968. The monoisotopic (exact) mass is 280 g/mol. The molecule has 0 aliphatic rings. The van der Waals surface area contributed by atoms with Gasteiger partial charge >= 0.3 is 6.09 Å². The maximum Gasteiger partial charge on any atom is 0.407 e. The summed E-state index contributed by atoms with van der Waals surface area (Å²) in [7, 11) is 1.64. The van der Waals surface area contributed by atoms with Crippen molar-refractivity contribution < 1.29 is 14.3 Å². The Morgan fingerprint density at radius 1 is 1.30 bits per heavy atom. The molecule has 5 heteroatoms. The Morgan fingerprint density at radius 3 is 2.60 bits per heavy atom. The molecular weight excluding hydrogens is 256 g/mol. The molecule has 0 fully saturated rings. The van der Waals surface area contributed by atoms with Crippen molar-refractivity contribution in [1.82, 2.24) is 10.6 Å². The molecule has 0 saturated heterocycles. The second kappa shape index (κ2) is 9.34. The molecular formula is C15H24N2O3. The molecule has 1 aromatic rings. The predicted octanol–water partition coefficient (Wildman–Crippen LogP) is 1.93. The number of hydrogen-bond acceptors (Lipinski definition) is 4. The van der Waals surface area contributed by atoms with Crippen molar-refractivity contribution in [3.05, 3.63) is 35.9 Å². The minimum absolute atomic E-state index is 0.0641. The van der Waals surface area contributed by atoms with Crippen LogP contribution in [-0.2, 0) is 16.1 Å². The van der Waals surface area contributed by atoms with Gasteiger partial charge in [0.1, 0.15) is 6.61 Å². The second-order valence-corrected chi connectivity index (χ2v) is 4.61. The van der Waals surface area contributed by atoms with Crippen molar-refractivity contribution in [2.75, 3.05) is 20.3 Å². The molecule has 0 aromatic heterocycles. The third-order valence-electron chi connectivity index (χ3n) is 2.97. The minimum Gasteiger partial charge on any atom is -0.445 e. The molecule has 2 N–H and O–H groups in total. The van der Waals surface area contributed by atoms with E-state index in [1.165, 1.54) is 0 Å². The summed E-state index contributed by atoms with van der Waals surface area (Å²) in [5, 5.41) is 6.08. The molecule has 0 unspecified atom stereocenters. The van der Waals surface area contributed by atoms with Crippen LogP contribution in [0.25, 0.3) is 0 Å². The third-order valence-corrected chi connectivity index (χ3v) is 2.97. The highest BCUT2D eigenvalue weighted by Crippen LogP contribution is 2.01. The fourth-order valence-electron chi connectivity index (χ4n) is 1.87. The van der Waals surface area contributed by atoms with Gasteiger partial charge in [-0.25, -0.2) is 4.79 Å². The molecule has 112 valence electrons. The van der Waals surface area contributed by atoms with Gasteiger partial charge < -0.3 is 20.1 Å². The van der Waals surface area contributed by atoms with Gasteiger partial charge in [-0.2, -0.15) is 0 Å². The molecule has 0 aliphatic heterocycles. The van der Waals surface area contributed by atoms with Crippen molar-refractivity contribution in [2.45, 2.75) is 32.5 Å². The smallest absolute Gasteiger partial charge is 0.407 e. The van der Waals surface area contributed by atoms with Gasteiger partial charge in [-0.3, -0.25) is 0 Å². The molecule has 0 heterocycles. The summed E-state index contributed by atoms with van der Waals surface area (Å²) in [6, 6.07) is 9.59. The van der Waals surface area contributed by atoms with Crippen LogP contribution >= 0.6 is 0 Å². The Morgan fingerprint density at radius 2 is 2.00 bits per heavy atom. The van der Waals surface area contributed by atoms with Gasteiger partial charge in [-0.15, -0.1) is 0 Å². The van der Waals surface area contributed by atoms with Crippen LogP contribution in [0.2, 0.25) is 0 Å². The first kappa shape index (κ1) is 16.5. The number of methoxy groups -OCH3 is 1. The van der Waals surface area contributed by atoms with Crippen molar-refractivity contribution in [3.63, 3.8) is 0 Å². The quantitative estimate of drug-likeness (QED) is 0.764. The number of carbonyl (C=O) groups excluding carboxylic acids is 1. The van der Waals surface area contributed by atoms with E-state index in [9.17, 15) is 4.79 Å². The van der Waals surface area contributed by atoms with Gasteiger partial charge in [0.15, 0.2) is 0 Å². The molecule has 5 nitrogen and oxygen atoms in total. The Hall–Kier alpha value is -1.59. The maximum absolute atomic E-state index is 11.7. The predicted molar refractivity (Wildman–Crippen MR) is 78.6 cm³/mol. The van der Waals surface area contributed by atoms with Gasteiger partial charge in [0.05, 0.1) is 12.6 Å². The largest absolute Gasteiger partial charge is 0.445 e. The second-order valence-electron chi connectivity index (χ2n) is 4.61. The summed E-state index contributed by atoms with van der Waals surface area (Å²) in [4.78, 5) is 11.7. The first-order valence-corrected chi connectivity index (χ1v) is 6.87. The number of nitrogens with one attached hydrogen (secondary N) is 2. The number of rotatable bonds is 8. The topological polar surface area (TPSA) is 59.6 Å². The standard InChI is InChI=1S/C15H24N2O3/c1-4-16-14(11-19-3)12(2)17-15(18)20-10-13-8-6-5-7-9-13/h5-9,12,14,16H,4,10-11H2,1-3H3,(H,17,18)/t12-,14+/m0/s1. The Bertz CT molecular complexity index is 378. The lowest BCUT2D eigenvalue weighted by Gasteiger charge is -2.24. The Labute approximate surface area is 120 Å². The molecule has 1 aromatic carbocycles. The van der Waals surface area contributed by atoms with Crippen molar-refractivity contribution in [1.29, 1.82) is 0 Å². The normalized spacial score (nSPS) is 13.6. The summed E-state index contributed by atoms with van der Waals surface area (Å²) in [5.74, 6) is 0. The van der Waals surface area contributed by atoms with Crippen LogP contribution in [0.1, 0.15) is 19.4 Å². The van der Waals surface area contributed by atoms with Crippen LogP contribution in [0.5, 0.6) is 0 Å². The van der Waals surface area contributed by atoms with Crippen LogP contribution in [0.15, 0.2) is 30.3 Å². The number of benzene rings is 1. The van der Waals surface area contributed by atoms with Crippen LogP contribution in [0, 0.1) is 0 Å². The van der Waals surface area contributed by atoms with Crippen LogP contribution < -0.4 is 10.6 Å². The fraction of sp³-hybridized carbons (Fsp3) is 0.533. The lowest BCUT2D eigenvalue weighted by molar-refractivity contribution is 0.122. The summed E-state index contributed by atoms with van der Waals surface area (Å²) >= 11 is 0. The highest BCUT2D eigenvalue weighted by Gasteiger charge is 2.18. The molecule has 0 aliphatic carbocycles. The Kier molecular flexibility index (Phi) is 7.69. The van der Waals surface area contributed by atoms with E-state index in [2.05, 4.69) is 10.6 Å². The van der Waals surface area contributed by atoms with Gasteiger partial charge in [0.25, 0.3) is 0 Å². The number of likely N-dealkylation sites (N-methyl/N-ethyl adjacent to an activating group) is 1. The van der Waals surface area contributed by atoms with E-state index in [1.54, 1.807) is 7.11 Å². The number of amides is 1. The molecule has 0 saturated carbocycles. The zero-order chi connectivity index (χ0) is 14.8. The van der Waals surface area contributed by atoms with Crippen molar-refractivity contribution in [3.8, 4) is 0 Å². The summed E-state index contributed by atoms with van der Waals surface area (Å²) in [6.45, 7) is 5.57. The lowest BCUT2D eigenvalue weighted by atomic mass is 10.1. The van der Waals surface area contributed by atoms with Crippen LogP contribution in [0.3, 0.4) is 0 Å². The van der Waals surface area contributed by atoms with E-state index >= 15 is 0 Å². The first-order valence-electron chi connectivity index (χ1n) is 6.87. The van der Waals surface area contributed by atoms with E-state index in [0.29, 0.717) is 6.61 Å². The summed E-state index contributed by atoms with van der Waals surface area (Å²) in [6.07, 6.45) is -0.416. The highest BCUT2D eigenvalue weighted by molar-refractivity contribution is 5.67. The lowest BCUT2D eigenvalue weighted by Crippen LogP contribution is -2.50. The molecule has 0 bridgehead atoms. The molecule has 1 amide bonds. The first-order chi connectivity index (χ1) is 9.67. The molecule has 1 rings (SSSR count). The van der Waals surface area contributed by atoms with Crippen molar-refractivity contribution >= 4 is 6.09 Å². The van der Waals surface area contributed by atoms with Crippen LogP contribution in [0.4, 0.5) is 4.79 Å². The minimum atomic E-state index is -0.416. The van der Waals surface area contributed by atoms with Gasteiger partial charge in [-0.05, 0) is 19.0 Å². The Balaban J connectivity index is 2.36. The number of alkyl carbamates (subject to hydrolysis) is 1.